The number of nitriles is 1. The lowest BCUT2D eigenvalue weighted by Crippen LogP contribution is -1.84. The van der Waals surface area contributed by atoms with Crippen LogP contribution in [0.2, 0.25) is 15.1 Å². The molecule has 24 heavy (non-hydrogen) atoms. The number of hydrogen-bond acceptors (Lipinski definition) is 3. The van der Waals surface area contributed by atoms with Gasteiger partial charge in [0.25, 0.3) is 0 Å². The van der Waals surface area contributed by atoms with Gasteiger partial charge in [0.1, 0.15) is 11.1 Å². The highest BCUT2D eigenvalue weighted by molar-refractivity contribution is 7.11. The Kier molecular flexibility index (Phi) is 5.23. The van der Waals surface area contributed by atoms with Crippen LogP contribution in [0.4, 0.5) is 0 Å². The third-order valence-corrected chi connectivity index (χ3v) is 4.88. The molecule has 0 saturated heterocycles. The molecule has 0 saturated carbocycles. The molecule has 0 N–H and O–H groups in total. The minimum absolute atomic E-state index is 0.471. The Bertz CT molecular complexity index is 970. The lowest BCUT2D eigenvalue weighted by atomic mass is 10.1. The van der Waals surface area contributed by atoms with Gasteiger partial charge >= 0.3 is 0 Å². The number of thiazole rings is 1. The van der Waals surface area contributed by atoms with Crippen LogP contribution in [0.5, 0.6) is 0 Å². The van der Waals surface area contributed by atoms with Crippen LogP contribution in [0.3, 0.4) is 0 Å². The predicted molar refractivity (Wildman–Crippen MR) is 103 cm³/mol. The van der Waals surface area contributed by atoms with Crippen LogP contribution in [0.1, 0.15) is 10.6 Å². The Morgan fingerprint density at radius 1 is 1.08 bits per heavy atom. The van der Waals surface area contributed by atoms with Crippen LogP contribution in [0, 0.1) is 11.3 Å². The third-order valence-electron chi connectivity index (χ3n) is 3.22. The Balaban J connectivity index is 1.98. The van der Waals surface area contributed by atoms with Crippen molar-refractivity contribution in [1.82, 2.24) is 4.98 Å². The van der Waals surface area contributed by atoms with Gasteiger partial charge in [-0.15, -0.1) is 11.3 Å². The second kappa shape index (κ2) is 7.38. The minimum Gasteiger partial charge on any atom is -0.235 e. The first-order chi connectivity index (χ1) is 11.6. The molecule has 0 aliphatic heterocycles. The molecule has 0 spiro atoms. The maximum absolute atomic E-state index is 9.45. The quantitative estimate of drug-likeness (QED) is 0.458. The topological polar surface area (TPSA) is 36.7 Å². The first-order valence-electron chi connectivity index (χ1n) is 6.85. The summed E-state index contributed by atoms with van der Waals surface area (Å²) in [7, 11) is 0. The van der Waals surface area contributed by atoms with Crippen LogP contribution in [-0.2, 0) is 0 Å². The van der Waals surface area contributed by atoms with Crippen molar-refractivity contribution < 1.29 is 0 Å². The van der Waals surface area contributed by atoms with Crippen molar-refractivity contribution in [3.63, 3.8) is 0 Å². The van der Waals surface area contributed by atoms with Crippen molar-refractivity contribution >= 4 is 57.8 Å². The summed E-state index contributed by atoms with van der Waals surface area (Å²) in [6.45, 7) is 0. The second-order valence-electron chi connectivity index (χ2n) is 4.89. The van der Waals surface area contributed by atoms with Gasteiger partial charge in [0.05, 0.1) is 16.3 Å². The number of benzene rings is 2. The van der Waals surface area contributed by atoms with E-state index < -0.39 is 0 Å². The summed E-state index contributed by atoms with van der Waals surface area (Å²) in [6, 6.07) is 14.7. The lowest BCUT2D eigenvalue weighted by molar-refractivity contribution is 1.37. The molecule has 0 bridgehead atoms. The maximum atomic E-state index is 9.45. The summed E-state index contributed by atoms with van der Waals surface area (Å²) in [5.41, 5.74) is 2.81. The highest BCUT2D eigenvalue weighted by Crippen LogP contribution is 2.33. The van der Waals surface area contributed by atoms with Crippen LogP contribution < -0.4 is 0 Å². The van der Waals surface area contributed by atoms with Crippen molar-refractivity contribution in [2.75, 3.05) is 0 Å². The largest absolute Gasteiger partial charge is 0.235 e. The molecule has 0 atom stereocenters. The molecule has 3 rings (SSSR count). The van der Waals surface area contributed by atoms with E-state index in [4.69, 9.17) is 34.8 Å². The van der Waals surface area contributed by atoms with E-state index in [9.17, 15) is 5.26 Å². The van der Waals surface area contributed by atoms with Gasteiger partial charge < -0.3 is 0 Å². The predicted octanol–water partition coefficient (Wildman–Crippen LogP) is 6.83. The van der Waals surface area contributed by atoms with E-state index in [1.807, 2.05) is 23.6 Å². The first-order valence-corrected chi connectivity index (χ1v) is 8.87. The van der Waals surface area contributed by atoms with Crippen molar-refractivity contribution in [3.05, 3.63) is 73.5 Å². The standard InChI is InChI=1S/C18H9Cl3N2S/c19-13-3-1-2-11(7-13)6-12(9-22)18-23-17(10-24-18)15-5-4-14(20)8-16(15)21/h1-8,10H. The van der Waals surface area contributed by atoms with Gasteiger partial charge in [0.15, 0.2) is 0 Å². The minimum atomic E-state index is 0.471. The van der Waals surface area contributed by atoms with Crippen LogP contribution in [0.25, 0.3) is 22.9 Å². The van der Waals surface area contributed by atoms with Crippen molar-refractivity contribution in [2.45, 2.75) is 0 Å². The van der Waals surface area contributed by atoms with Gasteiger partial charge in [-0.25, -0.2) is 4.98 Å². The molecular formula is C18H9Cl3N2S. The van der Waals surface area contributed by atoms with E-state index in [2.05, 4.69) is 11.1 Å². The fourth-order valence-electron chi connectivity index (χ4n) is 2.12. The fourth-order valence-corrected chi connectivity index (χ4v) is 3.61. The maximum Gasteiger partial charge on any atom is 0.134 e. The molecule has 2 nitrogen and oxygen atoms in total. The average molecular weight is 392 g/mol. The van der Waals surface area contributed by atoms with Crippen molar-refractivity contribution in [3.8, 4) is 17.3 Å². The Hall–Kier alpha value is -1.83. The number of hydrogen-bond donors (Lipinski definition) is 0. The summed E-state index contributed by atoms with van der Waals surface area (Å²) in [6.07, 6.45) is 1.76. The van der Waals surface area contributed by atoms with Gasteiger partial charge in [-0.2, -0.15) is 5.26 Å². The van der Waals surface area contributed by atoms with Gasteiger partial charge in [0, 0.05) is 21.0 Å². The molecule has 0 aliphatic carbocycles. The number of nitrogens with zero attached hydrogens (tertiary/aromatic N) is 2. The zero-order valence-electron chi connectivity index (χ0n) is 12.1. The number of rotatable bonds is 3. The summed E-state index contributed by atoms with van der Waals surface area (Å²) in [5.74, 6) is 0. The van der Waals surface area contributed by atoms with Gasteiger partial charge in [-0.05, 0) is 42.0 Å². The third kappa shape index (κ3) is 3.80. The normalized spacial score (nSPS) is 11.3. The van der Waals surface area contributed by atoms with E-state index in [1.165, 1.54) is 11.3 Å². The van der Waals surface area contributed by atoms with E-state index >= 15 is 0 Å². The molecule has 118 valence electrons. The van der Waals surface area contributed by atoms with E-state index in [0.29, 0.717) is 31.3 Å². The van der Waals surface area contributed by atoms with E-state index in [1.54, 1.807) is 30.3 Å². The molecule has 1 aromatic heterocycles. The Morgan fingerprint density at radius 3 is 2.58 bits per heavy atom. The van der Waals surface area contributed by atoms with E-state index in [-0.39, 0.29) is 0 Å². The molecule has 6 heteroatoms. The SMILES string of the molecule is N#CC(=Cc1cccc(Cl)c1)c1nc(-c2ccc(Cl)cc2Cl)cs1. The zero-order chi connectivity index (χ0) is 17.1. The highest BCUT2D eigenvalue weighted by Gasteiger charge is 2.12. The number of aromatic nitrogens is 1. The summed E-state index contributed by atoms with van der Waals surface area (Å²) >= 11 is 19.5. The molecule has 1 heterocycles. The fraction of sp³-hybridized carbons (Fsp3) is 0. The molecule has 0 fully saturated rings. The lowest BCUT2D eigenvalue weighted by Gasteiger charge is -2.01. The summed E-state index contributed by atoms with van der Waals surface area (Å²) < 4.78 is 0. The molecule has 0 unspecified atom stereocenters. The number of halogens is 3. The van der Waals surface area contributed by atoms with Crippen molar-refractivity contribution in [1.29, 1.82) is 5.26 Å². The first kappa shape index (κ1) is 17.0. The number of allylic oxidation sites excluding steroid dienone is 1. The molecule has 0 radical (unpaired) electrons. The van der Waals surface area contributed by atoms with Gasteiger partial charge in [-0.3, -0.25) is 0 Å². The Morgan fingerprint density at radius 2 is 1.88 bits per heavy atom. The molecule has 2 aromatic carbocycles. The monoisotopic (exact) mass is 390 g/mol. The van der Waals surface area contributed by atoms with Crippen LogP contribution in [-0.4, -0.2) is 4.98 Å². The Labute approximate surface area is 158 Å². The van der Waals surface area contributed by atoms with Gasteiger partial charge in [-0.1, -0.05) is 46.9 Å². The van der Waals surface area contributed by atoms with Gasteiger partial charge in [0.2, 0.25) is 0 Å². The van der Waals surface area contributed by atoms with Crippen LogP contribution >= 0.6 is 46.1 Å². The van der Waals surface area contributed by atoms with Crippen LogP contribution in [0.15, 0.2) is 47.8 Å². The molecule has 3 aromatic rings. The molecule has 0 amide bonds. The molecule has 0 aliphatic rings. The van der Waals surface area contributed by atoms with Crippen molar-refractivity contribution in [2.24, 2.45) is 0 Å². The summed E-state index contributed by atoms with van der Waals surface area (Å²) in [5, 5.41) is 13.7. The highest BCUT2D eigenvalue weighted by atomic mass is 35.5. The zero-order valence-corrected chi connectivity index (χ0v) is 15.2. The van der Waals surface area contributed by atoms with E-state index in [0.717, 1.165) is 11.1 Å². The molecular weight excluding hydrogens is 383 g/mol. The smallest absolute Gasteiger partial charge is 0.134 e. The summed E-state index contributed by atoms with van der Waals surface area (Å²) in [4.78, 5) is 4.53. The average Bonchev–Trinajstić information content (AvgIpc) is 3.02. The second-order valence-corrected chi connectivity index (χ2v) is 7.03.